The van der Waals surface area contributed by atoms with Gasteiger partial charge in [0.05, 0.1) is 6.61 Å². The van der Waals surface area contributed by atoms with Crippen LogP contribution in [0.15, 0.2) is 24.0 Å². The highest BCUT2D eigenvalue weighted by Crippen LogP contribution is 2.08. The van der Waals surface area contributed by atoms with Crippen LogP contribution in [-0.4, -0.2) is 17.1 Å². The average Bonchev–Trinajstić information content (AvgIpc) is 2.66. The Morgan fingerprint density at radius 3 is 2.80 bits per heavy atom. The molecule has 0 bridgehead atoms. The van der Waals surface area contributed by atoms with Gasteiger partial charge in [-0.2, -0.15) is 0 Å². The molecule has 1 aromatic heterocycles. The number of ether oxygens (including phenoxy) is 1. The summed E-state index contributed by atoms with van der Waals surface area (Å²) in [5, 5.41) is 0. The summed E-state index contributed by atoms with van der Waals surface area (Å²) in [6.45, 7) is 7.00. The molecule has 0 radical (unpaired) electrons. The van der Waals surface area contributed by atoms with Crippen LogP contribution in [0.5, 0.6) is 0 Å². The highest BCUT2D eigenvalue weighted by molar-refractivity contribution is 5.92. The molecule has 0 aliphatic heterocycles. The van der Waals surface area contributed by atoms with Gasteiger partial charge < -0.3 is 9.30 Å². The third-order valence-electron chi connectivity index (χ3n) is 2.12. The Morgan fingerprint density at radius 2 is 2.27 bits per heavy atom. The second-order valence-corrected chi connectivity index (χ2v) is 3.32. The van der Waals surface area contributed by atoms with Gasteiger partial charge >= 0.3 is 5.97 Å². The van der Waals surface area contributed by atoms with E-state index < -0.39 is 0 Å². The highest BCUT2D eigenvalue weighted by atomic mass is 16.5. The van der Waals surface area contributed by atoms with E-state index in [-0.39, 0.29) is 5.97 Å². The molecule has 15 heavy (non-hydrogen) atoms. The molecular formula is C12H17NO2. The van der Waals surface area contributed by atoms with E-state index in [9.17, 15) is 4.79 Å². The van der Waals surface area contributed by atoms with Crippen LogP contribution in [0.1, 0.15) is 26.3 Å². The van der Waals surface area contributed by atoms with E-state index in [0.717, 1.165) is 12.1 Å². The van der Waals surface area contributed by atoms with Gasteiger partial charge in [-0.25, -0.2) is 4.79 Å². The summed E-state index contributed by atoms with van der Waals surface area (Å²) in [6.07, 6.45) is 5.83. The van der Waals surface area contributed by atoms with Crippen LogP contribution in [0, 0.1) is 0 Å². The van der Waals surface area contributed by atoms with Crippen molar-refractivity contribution < 1.29 is 9.53 Å². The Kier molecular flexibility index (Phi) is 4.16. The second kappa shape index (κ2) is 5.39. The zero-order valence-corrected chi connectivity index (χ0v) is 9.49. The Morgan fingerprint density at radius 1 is 1.53 bits per heavy atom. The van der Waals surface area contributed by atoms with Crippen LogP contribution in [0.3, 0.4) is 0 Å². The zero-order chi connectivity index (χ0) is 11.3. The molecule has 0 spiro atoms. The van der Waals surface area contributed by atoms with Gasteiger partial charge in [0, 0.05) is 24.5 Å². The van der Waals surface area contributed by atoms with Crippen molar-refractivity contribution in [1.29, 1.82) is 0 Å². The summed E-state index contributed by atoms with van der Waals surface area (Å²) in [7, 11) is 0. The molecule has 0 saturated heterocycles. The average molecular weight is 207 g/mol. The standard InChI is InChI=1S/C12H17NO2/c1-4-13-7-6-11(9-13)8-10(3)12(14)15-5-2/h6-9H,4-5H2,1-3H3/b10-8+. The first-order chi connectivity index (χ1) is 7.17. The van der Waals surface area contributed by atoms with Gasteiger partial charge in [-0.05, 0) is 38.5 Å². The molecule has 0 N–H and O–H groups in total. The first-order valence-electron chi connectivity index (χ1n) is 5.18. The fourth-order valence-electron chi connectivity index (χ4n) is 1.30. The molecule has 3 nitrogen and oxygen atoms in total. The van der Waals surface area contributed by atoms with Crippen LogP contribution in [0.2, 0.25) is 0 Å². The number of rotatable bonds is 4. The lowest BCUT2D eigenvalue weighted by atomic mass is 10.2. The fraction of sp³-hybridized carbons (Fsp3) is 0.417. The number of carbonyl (C=O) groups excluding carboxylic acids is 1. The monoisotopic (exact) mass is 207 g/mol. The molecule has 0 atom stereocenters. The van der Waals surface area contributed by atoms with Crippen molar-refractivity contribution in [1.82, 2.24) is 4.57 Å². The number of hydrogen-bond acceptors (Lipinski definition) is 2. The summed E-state index contributed by atoms with van der Waals surface area (Å²) < 4.78 is 6.95. The lowest BCUT2D eigenvalue weighted by Gasteiger charge is -2.00. The molecule has 0 aliphatic carbocycles. The van der Waals surface area contributed by atoms with Gasteiger partial charge in [0.25, 0.3) is 0 Å². The third-order valence-corrected chi connectivity index (χ3v) is 2.12. The molecule has 82 valence electrons. The number of aromatic nitrogens is 1. The Hall–Kier alpha value is -1.51. The van der Waals surface area contributed by atoms with E-state index in [4.69, 9.17) is 4.74 Å². The van der Waals surface area contributed by atoms with E-state index in [2.05, 4.69) is 11.5 Å². The number of carbonyl (C=O) groups is 1. The first kappa shape index (κ1) is 11.6. The van der Waals surface area contributed by atoms with Crippen molar-refractivity contribution in [3.05, 3.63) is 29.6 Å². The minimum atomic E-state index is -0.248. The minimum Gasteiger partial charge on any atom is -0.463 e. The van der Waals surface area contributed by atoms with Crippen LogP contribution in [0.25, 0.3) is 6.08 Å². The highest BCUT2D eigenvalue weighted by Gasteiger charge is 2.04. The summed E-state index contributed by atoms with van der Waals surface area (Å²) >= 11 is 0. The number of esters is 1. The number of hydrogen-bond donors (Lipinski definition) is 0. The van der Waals surface area contributed by atoms with Gasteiger partial charge in [-0.3, -0.25) is 0 Å². The van der Waals surface area contributed by atoms with Gasteiger partial charge in [-0.1, -0.05) is 0 Å². The van der Waals surface area contributed by atoms with Crippen LogP contribution < -0.4 is 0 Å². The van der Waals surface area contributed by atoms with E-state index in [1.807, 2.05) is 24.5 Å². The number of aryl methyl sites for hydroxylation is 1. The second-order valence-electron chi connectivity index (χ2n) is 3.32. The van der Waals surface area contributed by atoms with Gasteiger partial charge in [0.2, 0.25) is 0 Å². The molecule has 0 fully saturated rings. The van der Waals surface area contributed by atoms with Crippen LogP contribution in [-0.2, 0) is 16.1 Å². The van der Waals surface area contributed by atoms with Crippen LogP contribution >= 0.6 is 0 Å². The van der Waals surface area contributed by atoms with Gasteiger partial charge in [0.15, 0.2) is 0 Å². The number of nitrogens with zero attached hydrogens (tertiary/aromatic N) is 1. The lowest BCUT2D eigenvalue weighted by molar-refractivity contribution is -0.138. The predicted molar refractivity (Wildman–Crippen MR) is 60.4 cm³/mol. The Labute approximate surface area is 90.4 Å². The maximum absolute atomic E-state index is 11.3. The zero-order valence-electron chi connectivity index (χ0n) is 9.49. The fourth-order valence-corrected chi connectivity index (χ4v) is 1.30. The Balaban J connectivity index is 2.73. The predicted octanol–water partition coefficient (Wildman–Crippen LogP) is 2.47. The van der Waals surface area contributed by atoms with Gasteiger partial charge in [0.1, 0.15) is 0 Å². The maximum Gasteiger partial charge on any atom is 0.333 e. The van der Waals surface area contributed by atoms with E-state index in [1.165, 1.54) is 0 Å². The third kappa shape index (κ3) is 3.27. The molecule has 3 heteroatoms. The lowest BCUT2D eigenvalue weighted by Crippen LogP contribution is -2.04. The molecule has 0 aromatic carbocycles. The molecule has 0 saturated carbocycles. The van der Waals surface area contributed by atoms with Crippen molar-refractivity contribution in [2.45, 2.75) is 27.3 Å². The molecule has 1 heterocycles. The first-order valence-corrected chi connectivity index (χ1v) is 5.18. The van der Waals surface area contributed by atoms with E-state index in [0.29, 0.717) is 12.2 Å². The SMILES string of the molecule is CCOC(=O)/C(C)=C/c1ccn(CC)c1. The van der Waals surface area contributed by atoms with Crippen molar-refractivity contribution in [2.75, 3.05) is 6.61 Å². The van der Waals surface area contributed by atoms with Crippen molar-refractivity contribution >= 4 is 12.0 Å². The summed E-state index contributed by atoms with van der Waals surface area (Å²) in [5.41, 5.74) is 1.66. The van der Waals surface area contributed by atoms with Crippen molar-refractivity contribution in [3.8, 4) is 0 Å². The summed E-state index contributed by atoms with van der Waals surface area (Å²) in [6, 6.07) is 1.98. The van der Waals surface area contributed by atoms with Crippen molar-refractivity contribution in [3.63, 3.8) is 0 Å². The molecule has 0 aliphatic rings. The summed E-state index contributed by atoms with van der Waals surface area (Å²) in [4.78, 5) is 11.3. The maximum atomic E-state index is 11.3. The largest absolute Gasteiger partial charge is 0.463 e. The van der Waals surface area contributed by atoms with Crippen molar-refractivity contribution in [2.24, 2.45) is 0 Å². The molecular weight excluding hydrogens is 190 g/mol. The normalized spacial score (nSPS) is 11.5. The molecule has 0 amide bonds. The van der Waals surface area contributed by atoms with Crippen LogP contribution in [0.4, 0.5) is 0 Å². The molecule has 0 unspecified atom stereocenters. The van der Waals surface area contributed by atoms with E-state index in [1.54, 1.807) is 13.8 Å². The molecule has 1 rings (SSSR count). The smallest absolute Gasteiger partial charge is 0.333 e. The minimum absolute atomic E-state index is 0.248. The Bertz CT molecular complexity index is 363. The summed E-state index contributed by atoms with van der Waals surface area (Å²) in [5.74, 6) is -0.248. The van der Waals surface area contributed by atoms with Gasteiger partial charge in [-0.15, -0.1) is 0 Å². The van der Waals surface area contributed by atoms with E-state index >= 15 is 0 Å². The topological polar surface area (TPSA) is 31.2 Å². The quantitative estimate of drug-likeness (QED) is 0.561. The molecule has 1 aromatic rings.